The molecule has 0 aliphatic rings. The highest BCUT2D eigenvalue weighted by Crippen LogP contribution is 2.27. The van der Waals surface area contributed by atoms with Crippen LogP contribution in [0.4, 0.5) is 13.2 Å². The van der Waals surface area contributed by atoms with E-state index in [-0.39, 0.29) is 24.0 Å². The zero-order chi connectivity index (χ0) is 18.6. The quantitative estimate of drug-likeness (QED) is 0.728. The van der Waals surface area contributed by atoms with Crippen LogP contribution in [0.5, 0.6) is 5.75 Å². The van der Waals surface area contributed by atoms with Gasteiger partial charge in [-0.2, -0.15) is 0 Å². The maximum atomic E-state index is 12.4. The van der Waals surface area contributed by atoms with Crippen molar-refractivity contribution in [2.75, 3.05) is 6.61 Å². The van der Waals surface area contributed by atoms with Gasteiger partial charge < -0.3 is 14.0 Å². The minimum Gasteiger partial charge on any atom is -0.461 e. The number of esters is 1. The van der Waals surface area contributed by atoms with Gasteiger partial charge in [-0.25, -0.2) is 9.78 Å². The molecule has 2 rings (SSSR count). The largest absolute Gasteiger partial charge is 0.573 e. The Balaban J connectivity index is 2.21. The van der Waals surface area contributed by atoms with Crippen molar-refractivity contribution >= 4 is 5.97 Å². The number of imidazole rings is 1. The molecule has 1 atom stereocenters. The van der Waals surface area contributed by atoms with Crippen LogP contribution in [0.25, 0.3) is 0 Å². The van der Waals surface area contributed by atoms with Crippen molar-refractivity contribution < 1.29 is 27.4 Å². The summed E-state index contributed by atoms with van der Waals surface area (Å²) in [6.45, 7) is 5.85. The highest BCUT2D eigenvalue weighted by molar-refractivity contribution is 5.87. The van der Waals surface area contributed by atoms with Gasteiger partial charge in [-0.1, -0.05) is 26.0 Å². The van der Waals surface area contributed by atoms with Gasteiger partial charge in [-0.05, 0) is 30.5 Å². The third kappa shape index (κ3) is 5.23. The van der Waals surface area contributed by atoms with Gasteiger partial charge in [0.25, 0.3) is 0 Å². The first-order valence-corrected chi connectivity index (χ1v) is 7.72. The second kappa shape index (κ2) is 7.58. The van der Waals surface area contributed by atoms with Gasteiger partial charge in [0.1, 0.15) is 11.4 Å². The summed E-state index contributed by atoms with van der Waals surface area (Å²) in [6, 6.07) is 5.18. The van der Waals surface area contributed by atoms with E-state index >= 15 is 0 Å². The topological polar surface area (TPSA) is 53.3 Å². The second-order valence-corrected chi connectivity index (χ2v) is 5.97. The lowest BCUT2D eigenvalue weighted by atomic mass is 10.1. The number of carbonyl (C=O) groups excluding carboxylic acids is 1. The Bertz CT molecular complexity index is 726. The first-order chi connectivity index (χ1) is 11.7. The molecule has 8 heteroatoms. The average Bonchev–Trinajstić information content (AvgIpc) is 3.00. The number of aromatic nitrogens is 2. The first kappa shape index (κ1) is 18.8. The van der Waals surface area contributed by atoms with Crippen molar-refractivity contribution in [1.82, 2.24) is 9.55 Å². The number of benzene rings is 1. The molecule has 136 valence electrons. The first-order valence-electron chi connectivity index (χ1n) is 7.72. The van der Waals surface area contributed by atoms with Gasteiger partial charge in [-0.3, -0.25) is 0 Å². The van der Waals surface area contributed by atoms with Crippen LogP contribution in [0.3, 0.4) is 0 Å². The molecule has 0 spiro atoms. The number of rotatable bonds is 6. The summed E-state index contributed by atoms with van der Waals surface area (Å²) in [7, 11) is 0. The predicted molar refractivity (Wildman–Crippen MR) is 84.3 cm³/mol. The van der Waals surface area contributed by atoms with Crippen molar-refractivity contribution in [2.24, 2.45) is 5.92 Å². The minimum absolute atomic E-state index is 0.189. The van der Waals surface area contributed by atoms with Crippen LogP contribution in [0.2, 0.25) is 0 Å². The molecule has 5 nitrogen and oxygen atoms in total. The van der Waals surface area contributed by atoms with Gasteiger partial charge >= 0.3 is 12.3 Å². The third-order valence-corrected chi connectivity index (χ3v) is 3.41. The Hall–Kier alpha value is -2.51. The molecule has 0 N–H and O–H groups in total. The lowest BCUT2D eigenvalue weighted by Crippen LogP contribution is -2.18. The Morgan fingerprint density at radius 1 is 1.28 bits per heavy atom. The molecule has 0 aliphatic heterocycles. The average molecular weight is 356 g/mol. The van der Waals surface area contributed by atoms with Crippen molar-refractivity contribution in [3.8, 4) is 5.75 Å². The number of alkyl halides is 3. The van der Waals surface area contributed by atoms with Crippen LogP contribution in [0.15, 0.2) is 36.8 Å². The Kier molecular flexibility index (Phi) is 5.71. The SMILES string of the molecule is CC(C)COC(=O)c1cncn1C(C)c1cccc(OC(F)(F)F)c1. The van der Waals surface area contributed by atoms with E-state index in [1.54, 1.807) is 17.6 Å². The molecular formula is C17H19F3N2O3. The standard InChI is InChI=1S/C17H19F3N2O3/c1-11(2)9-24-16(23)15-8-21-10-22(15)12(3)13-5-4-6-14(7-13)25-17(18,19)20/h4-8,10-12H,9H2,1-3H3. The van der Waals surface area contributed by atoms with Crippen LogP contribution < -0.4 is 4.74 Å². The fraction of sp³-hybridized carbons (Fsp3) is 0.412. The zero-order valence-electron chi connectivity index (χ0n) is 14.1. The number of carbonyl (C=O) groups is 1. The summed E-state index contributed by atoms with van der Waals surface area (Å²) in [5, 5.41) is 0. The van der Waals surface area contributed by atoms with Crippen molar-refractivity contribution in [1.29, 1.82) is 0 Å². The third-order valence-electron chi connectivity index (χ3n) is 3.41. The van der Waals surface area contributed by atoms with E-state index in [2.05, 4.69) is 9.72 Å². The predicted octanol–water partition coefficient (Wildman–Crippen LogP) is 4.20. The molecule has 0 fully saturated rings. The molecule has 0 saturated heterocycles. The molecule has 1 aromatic heterocycles. The summed E-state index contributed by atoms with van der Waals surface area (Å²) in [5.74, 6) is -0.657. The zero-order valence-corrected chi connectivity index (χ0v) is 14.1. The lowest BCUT2D eigenvalue weighted by Gasteiger charge is -2.18. The summed E-state index contributed by atoms with van der Waals surface area (Å²) < 4.78 is 47.8. The minimum atomic E-state index is -4.76. The van der Waals surface area contributed by atoms with Gasteiger partial charge in [0, 0.05) is 0 Å². The molecule has 0 bridgehead atoms. The molecule has 1 unspecified atom stereocenters. The van der Waals surface area contributed by atoms with Gasteiger partial charge in [0.05, 0.1) is 25.2 Å². The maximum Gasteiger partial charge on any atom is 0.573 e. The normalized spacial score (nSPS) is 12.9. The molecule has 0 radical (unpaired) electrons. The fourth-order valence-electron chi connectivity index (χ4n) is 2.22. The van der Waals surface area contributed by atoms with Crippen molar-refractivity contribution in [2.45, 2.75) is 33.2 Å². The van der Waals surface area contributed by atoms with E-state index in [0.717, 1.165) is 0 Å². The van der Waals surface area contributed by atoms with Crippen LogP contribution in [0.1, 0.15) is 42.9 Å². The van der Waals surface area contributed by atoms with Crippen LogP contribution in [-0.2, 0) is 4.74 Å². The Labute approximate surface area is 143 Å². The van der Waals surface area contributed by atoms with Gasteiger partial charge in [0.2, 0.25) is 0 Å². The highest BCUT2D eigenvalue weighted by atomic mass is 19.4. The fourth-order valence-corrected chi connectivity index (χ4v) is 2.22. The summed E-state index contributed by atoms with van der Waals surface area (Å²) in [4.78, 5) is 16.1. The van der Waals surface area contributed by atoms with Gasteiger partial charge in [0.15, 0.2) is 0 Å². The van der Waals surface area contributed by atoms with Crippen LogP contribution >= 0.6 is 0 Å². The Morgan fingerprint density at radius 2 is 2.00 bits per heavy atom. The van der Waals surface area contributed by atoms with E-state index in [1.165, 1.54) is 30.7 Å². The van der Waals surface area contributed by atoms with Crippen molar-refractivity contribution in [3.05, 3.63) is 48.0 Å². The lowest BCUT2D eigenvalue weighted by molar-refractivity contribution is -0.274. The van der Waals surface area contributed by atoms with E-state index in [1.807, 2.05) is 13.8 Å². The number of hydrogen-bond donors (Lipinski definition) is 0. The number of halogens is 3. The molecular weight excluding hydrogens is 337 g/mol. The number of hydrogen-bond acceptors (Lipinski definition) is 4. The molecule has 1 aromatic carbocycles. The summed E-state index contributed by atoms with van der Waals surface area (Å²) in [5.41, 5.74) is 0.771. The molecule has 0 amide bonds. The molecule has 0 aliphatic carbocycles. The smallest absolute Gasteiger partial charge is 0.461 e. The number of ether oxygens (including phenoxy) is 2. The molecule has 25 heavy (non-hydrogen) atoms. The number of nitrogens with zero attached hydrogens (tertiary/aromatic N) is 2. The summed E-state index contributed by atoms with van der Waals surface area (Å²) >= 11 is 0. The highest BCUT2D eigenvalue weighted by Gasteiger charge is 2.31. The van der Waals surface area contributed by atoms with E-state index in [4.69, 9.17) is 4.74 Å². The summed E-state index contributed by atoms with van der Waals surface area (Å²) in [6.07, 6.45) is -1.95. The molecule has 0 saturated carbocycles. The van der Waals surface area contributed by atoms with E-state index in [0.29, 0.717) is 5.56 Å². The Morgan fingerprint density at radius 3 is 2.64 bits per heavy atom. The van der Waals surface area contributed by atoms with Crippen LogP contribution in [-0.4, -0.2) is 28.5 Å². The van der Waals surface area contributed by atoms with Crippen molar-refractivity contribution in [3.63, 3.8) is 0 Å². The van der Waals surface area contributed by atoms with E-state index in [9.17, 15) is 18.0 Å². The molecule has 1 heterocycles. The monoisotopic (exact) mass is 356 g/mol. The second-order valence-electron chi connectivity index (χ2n) is 5.97. The maximum absolute atomic E-state index is 12.4. The van der Waals surface area contributed by atoms with E-state index < -0.39 is 18.4 Å². The molecule has 2 aromatic rings. The van der Waals surface area contributed by atoms with Gasteiger partial charge in [-0.15, -0.1) is 13.2 Å². The van der Waals surface area contributed by atoms with Crippen LogP contribution in [0, 0.1) is 5.92 Å².